The van der Waals surface area contributed by atoms with Crippen LogP contribution >= 0.6 is 0 Å². The monoisotopic (exact) mass is 375 g/mol. The highest BCUT2D eigenvalue weighted by Gasteiger charge is 2.28. The van der Waals surface area contributed by atoms with Gasteiger partial charge in [-0.3, -0.25) is 4.99 Å². The Labute approximate surface area is 156 Å². The van der Waals surface area contributed by atoms with Gasteiger partial charge in [-0.1, -0.05) is 42.5 Å². The number of benzene rings is 2. The molecule has 0 saturated heterocycles. The highest BCUT2D eigenvalue weighted by Crippen LogP contribution is 2.23. The number of nitrogens with one attached hydrogen (secondary N) is 2. The minimum Gasteiger partial charge on any atom is -0.355 e. The van der Waals surface area contributed by atoms with Crippen molar-refractivity contribution in [3.8, 4) is 0 Å². The molecular weight excluding hydrogens is 346 g/mol. The Hall–Kier alpha value is -2.08. The van der Waals surface area contributed by atoms with Gasteiger partial charge in [0, 0.05) is 13.6 Å². The minimum atomic E-state index is -3.16. The molecule has 142 valence electrons. The summed E-state index contributed by atoms with van der Waals surface area (Å²) in [7, 11) is -1.47. The highest BCUT2D eigenvalue weighted by molar-refractivity contribution is 7.92. The van der Waals surface area contributed by atoms with Crippen molar-refractivity contribution in [3.63, 3.8) is 0 Å². The lowest BCUT2D eigenvalue weighted by Crippen LogP contribution is -2.42. The van der Waals surface area contributed by atoms with Crippen LogP contribution in [-0.2, 0) is 9.84 Å². The first-order valence-electron chi connectivity index (χ1n) is 8.83. The van der Waals surface area contributed by atoms with Crippen LogP contribution in [0, 0.1) is 0 Å². The van der Waals surface area contributed by atoms with Crippen molar-refractivity contribution in [3.05, 3.63) is 48.0 Å². The average Bonchev–Trinajstić information content (AvgIpc) is 2.59. The van der Waals surface area contributed by atoms with E-state index < -0.39 is 14.6 Å². The third-order valence-corrected chi connectivity index (χ3v) is 7.07. The molecule has 5 nitrogen and oxygen atoms in total. The Balaban J connectivity index is 2.04. The van der Waals surface area contributed by atoms with E-state index in [1.807, 2.05) is 18.2 Å². The van der Waals surface area contributed by atoms with E-state index >= 15 is 0 Å². The van der Waals surface area contributed by atoms with Gasteiger partial charge in [0.1, 0.15) is 0 Å². The van der Waals surface area contributed by atoms with E-state index in [1.54, 1.807) is 27.8 Å². The number of hydrogen-bond acceptors (Lipinski definition) is 3. The Morgan fingerprint density at radius 2 is 1.77 bits per heavy atom. The van der Waals surface area contributed by atoms with Gasteiger partial charge < -0.3 is 10.6 Å². The number of fused-ring (bicyclic) bond motifs is 1. The number of sulfone groups is 1. The van der Waals surface area contributed by atoms with Crippen LogP contribution in [0.15, 0.2) is 47.5 Å². The molecule has 26 heavy (non-hydrogen) atoms. The van der Waals surface area contributed by atoms with E-state index in [0.717, 1.165) is 0 Å². The SMILES string of the molecule is CN=C(NCCS(=O)(=O)C(C)(C)C)NC(C)c1cccc2ccccc12. The molecule has 0 aliphatic heterocycles. The summed E-state index contributed by atoms with van der Waals surface area (Å²) in [5.41, 5.74) is 1.17. The van der Waals surface area contributed by atoms with Crippen LogP contribution in [0.5, 0.6) is 0 Å². The Bertz CT molecular complexity index is 878. The molecule has 0 aromatic heterocycles. The first-order chi connectivity index (χ1) is 12.2. The molecule has 0 heterocycles. The Morgan fingerprint density at radius 3 is 2.42 bits per heavy atom. The molecule has 0 fully saturated rings. The summed E-state index contributed by atoms with van der Waals surface area (Å²) in [6.07, 6.45) is 0. The zero-order valence-corrected chi connectivity index (χ0v) is 17.0. The van der Waals surface area contributed by atoms with Crippen molar-refractivity contribution in [1.82, 2.24) is 10.6 Å². The van der Waals surface area contributed by atoms with Crippen molar-refractivity contribution in [2.24, 2.45) is 4.99 Å². The fourth-order valence-corrected chi connectivity index (χ4v) is 3.70. The van der Waals surface area contributed by atoms with Gasteiger partial charge in [-0.05, 0) is 44.0 Å². The highest BCUT2D eigenvalue weighted by atomic mass is 32.2. The second-order valence-electron chi connectivity index (χ2n) is 7.36. The quantitative estimate of drug-likeness (QED) is 0.621. The fourth-order valence-electron chi connectivity index (χ4n) is 2.72. The molecule has 0 amide bonds. The predicted molar refractivity (Wildman–Crippen MR) is 110 cm³/mol. The van der Waals surface area contributed by atoms with Gasteiger partial charge in [-0.25, -0.2) is 8.42 Å². The Morgan fingerprint density at radius 1 is 1.12 bits per heavy atom. The molecule has 1 atom stereocenters. The third-order valence-electron chi connectivity index (χ3n) is 4.46. The molecule has 0 aliphatic rings. The third kappa shape index (κ3) is 4.75. The summed E-state index contributed by atoms with van der Waals surface area (Å²) in [6.45, 7) is 7.55. The lowest BCUT2D eigenvalue weighted by atomic mass is 10.00. The molecule has 0 radical (unpaired) electrons. The maximum absolute atomic E-state index is 12.2. The van der Waals surface area contributed by atoms with Crippen molar-refractivity contribution in [1.29, 1.82) is 0 Å². The smallest absolute Gasteiger partial charge is 0.191 e. The zero-order valence-electron chi connectivity index (χ0n) is 16.2. The molecule has 2 N–H and O–H groups in total. The largest absolute Gasteiger partial charge is 0.355 e. The predicted octanol–water partition coefficient (Wildman–Crippen LogP) is 3.28. The summed E-state index contributed by atoms with van der Waals surface area (Å²) in [4.78, 5) is 4.21. The molecule has 0 saturated carbocycles. The van der Waals surface area contributed by atoms with E-state index in [9.17, 15) is 8.42 Å². The molecule has 0 spiro atoms. The molecule has 0 bridgehead atoms. The standard InChI is InChI=1S/C20H29N3O2S/c1-15(17-12-8-10-16-9-6-7-11-18(16)17)23-19(21-5)22-13-14-26(24,25)20(2,3)4/h6-12,15H,13-14H2,1-5H3,(H2,21,22,23). The zero-order chi connectivity index (χ0) is 19.4. The van der Waals surface area contributed by atoms with Crippen molar-refractivity contribution >= 4 is 26.6 Å². The van der Waals surface area contributed by atoms with Crippen LogP contribution in [0.2, 0.25) is 0 Å². The average molecular weight is 376 g/mol. The van der Waals surface area contributed by atoms with Gasteiger partial charge in [0.05, 0.1) is 16.5 Å². The van der Waals surface area contributed by atoms with Crippen LogP contribution in [0.3, 0.4) is 0 Å². The summed E-state index contributed by atoms with van der Waals surface area (Å²) >= 11 is 0. The van der Waals surface area contributed by atoms with Crippen LogP contribution in [-0.4, -0.2) is 38.5 Å². The van der Waals surface area contributed by atoms with Crippen molar-refractivity contribution < 1.29 is 8.42 Å². The van der Waals surface area contributed by atoms with Crippen LogP contribution in [0.4, 0.5) is 0 Å². The molecule has 6 heteroatoms. The molecule has 2 aromatic rings. The van der Waals surface area contributed by atoms with E-state index in [2.05, 4.69) is 46.8 Å². The fraction of sp³-hybridized carbons (Fsp3) is 0.450. The molecule has 2 aromatic carbocycles. The molecule has 2 rings (SSSR count). The number of nitrogens with zero attached hydrogens (tertiary/aromatic N) is 1. The van der Waals surface area contributed by atoms with Gasteiger partial charge >= 0.3 is 0 Å². The number of aliphatic imine (C=N–C) groups is 1. The van der Waals surface area contributed by atoms with Crippen molar-refractivity contribution in [2.45, 2.75) is 38.5 Å². The summed E-state index contributed by atoms with van der Waals surface area (Å²) < 4.78 is 23.7. The molecular formula is C20H29N3O2S. The van der Waals surface area contributed by atoms with E-state index in [0.29, 0.717) is 12.5 Å². The first-order valence-corrected chi connectivity index (χ1v) is 10.5. The van der Waals surface area contributed by atoms with Gasteiger partial charge in [0.15, 0.2) is 15.8 Å². The first kappa shape index (κ1) is 20.2. The Kier molecular flexibility index (Phi) is 6.29. The van der Waals surface area contributed by atoms with Gasteiger partial charge in [-0.2, -0.15) is 0 Å². The van der Waals surface area contributed by atoms with Crippen LogP contribution < -0.4 is 10.6 Å². The lowest BCUT2D eigenvalue weighted by Gasteiger charge is -2.22. The van der Waals surface area contributed by atoms with E-state index in [4.69, 9.17) is 0 Å². The van der Waals surface area contributed by atoms with Crippen LogP contribution in [0.25, 0.3) is 10.8 Å². The summed E-state index contributed by atoms with van der Waals surface area (Å²) in [5.74, 6) is 0.661. The normalized spacial score (nSPS) is 14.3. The second kappa shape index (κ2) is 8.08. The van der Waals surface area contributed by atoms with Crippen molar-refractivity contribution in [2.75, 3.05) is 19.3 Å². The number of guanidine groups is 1. The minimum absolute atomic E-state index is 0.0338. The topological polar surface area (TPSA) is 70.6 Å². The number of hydrogen-bond donors (Lipinski definition) is 2. The van der Waals surface area contributed by atoms with E-state index in [-0.39, 0.29) is 11.8 Å². The van der Waals surface area contributed by atoms with E-state index in [1.165, 1.54) is 16.3 Å². The second-order valence-corrected chi connectivity index (χ2v) is 10.2. The molecule has 0 aliphatic carbocycles. The molecule has 1 unspecified atom stereocenters. The summed E-state index contributed by atoms with van der Waals surface area (Å²) in [5, 5.41) is 8.84. The maximum atomic E-state index is 12.2. The number of rotatable bonds is 5. The van der Waals surface area contributed by atoms with Gasteiger partial charge in [-0.15, -0.1) is 0 Å². The van der Waals surface area contributed by atoms with Gasteiger partial charge in [0.2, 0.25) is 0 Å². The maximum Gasteiger partial charge on any atom is 0.191 e. The lowest BCUT2D eigenvalue weighted by molar-refractivity contribution is 0.558. The summed E-state index contributed by atoms with van der Waals surface area (Å²) in [6, 6.07) is 14.5. The van der Waals surface area contributed by atoms with Crippen LogP contribution in [0.1, 0.15) is 39.3 Å². The van der Waals surface area contributed by atoms with Gasteiger partial charge in [0.25, 0.3) is 0 Å².